The Kier molecular flexibility index (Phi) is 5.24. The van der Waals surface area contributed by atoms with Gasteiger partial charge in [-0.25, -0.2) is 0 Å². The van der Waals surface area contributed by atoms with Gasteiger partial charge in [0.25, 0.3) is 0 Å². The maximum absolute atomic E-state index is 6.34. The number of hydrogen-bond donors (Lipinski definition) is 0. The van der Waals surface area contributed by atoms with Crippen molar-refractivity contribution in [3.63, 3.8) is 0 Å². The molecule has 1 atom stereocenters. The molecular formula is C24H22OSe. The van der Waals surface area contributed by atoms with Crippen LogP contribution in [0, 0.1) is 0 Å². The van der Waals surface area contributed by atoms with Gasteiger partial charge in [-0.2, -0.15) is 0 Å². The predicted octanol–water partition coefficient (Wildman–Crippen LogP) is 4.82. The molecule has 0 saturated carbocycles. The second-order valence-electron chi connectivity index (χ2n) is 6.49. The summed E-state index contributed by atoms with van der Waals surface area (Å²) in [5, 5.41) is 1.27. The van der Waals surface area contributed by atoms with E-state index in [2.05, 4.69) is 91.9 Å². The first kappa shape index (κ1) is 17.1. The summed E-state index contributed by atoms with van der Waals surface area (Å²) >= 11 is 0.248. The van der Waals surface area contributed by atoms with Crippen molar-refractivity contribution in [2.45, 2.75) is 25.7 Å². The van der Waals surface area contributed by atoms with Crippen LogP contribution >= 0.6 is 0 Å². The third kappa shape index (κ3) is 3.62. The molecule has 0 bridgehead atoms. The number of para-hydroxylation sites is 1. The molecule has 3 aromatic carbocycles. The second kappa shape index (κ2) is 7.95. The van der Waals surface area contributed by atoms with Gasteiger partial charge < -0.3 is 0 Å². The first-order chi connectivity index (χ1) is 12.8. The zero-order chi connectivity index (χ0) is 17.8. The molecule has 4 rings (SSSR count). The maximum atomic E-state index is 6.34. The zero-order valence-electron chi connectivity index (χ0n) is 14.9. The van der Waals surface area contributed by atoms with E-state index in [1.165, 1.54) is 19.9 Å². The molecule has 1 heterocycles. The molecule has 0 radical (unpaired) electrons. The Bertz CT molecular complexity index is 973. The molecule has 0 fully saturated rings. The van der Waals surface area contributed by atoms with Crippen LogP contribution in [0.25, 0.3) is 11.0 Å². The van der Waals surface area contributed by atoms with Gasteiger partial charge in [0.15, 0.2) is 0 Å². The van der Waals surface area contributed by atoms with Crippen molar-refractivity contribution in [1.82, 2.24) is 0 Å². The molecule has 0 aliphatic carbocycles. The third-order valence-electron chi connectivity index (χ3n) is 4.78. The normalized spacial score (nSPS) is 12.3. The van der Waals surface area contributed by atoms with Gasteiger partial charge in [-0.1, -0.05) is 0 Å². The monoisotopic (exact) mass is 406 g/mol. The summed E-state index contributed by atoms with van der Waals surface area (Å²) in [5.41, 5.74) is 2.41. The number of rotatable bonds is 6. The van der Waals surface area contributed by atoms with E-state index in [0.717, 1.165) is 24.2 Å². The Morgan fingerprint density at radius 3 is 2.19 bits per heavy atom. The van der Waals surface area contributed by atoms with E-state index in [1.807, 2.05) is 0 Å². The van der Waals surface area contributed by atoms with Crippen LogP contribution in [0.15, 0.2) is 89.3 Å². The van der Waals surface area contributed by atoms with Crippen LogP contribution in [0.3, 0.4) is 0 Å². The van der Waals surface area contributed by atoms with Gasteiger partial charge in [0, 0.05) is 0 Å². The second-order valence-corrected chi connectivity index (χ2v) is 8.76. The summed E-state index contributed by atoms with van der Waals surface area (Å²) in [5.74, 6) is 1.65. The molecule has 2 heteroatoms. The molecule has 0 saturated heterocycles. The molecular weight excluding hydrogens is 383 g/mol. The molecule has 0 aliphatic heterocycles. The van der Waals surface area contributed by atoms with Gasteiger partial charge in [-0.05, 0) is 0 Å². The van der Waals surface area contributed by atoms with Gasteiger partial charge in [0.1, 0.15) is 0 Å². The molecule has 1 nitrogen and oxygen atoms in total. The van der Waals surface area contributed by atoms with Crippen LogP contribution < -0.4 is 8.92 Å². The van der Waals surface area contributed by atoms with E-state index in [4.69, 9.17) is 4.42 Å². The summed E-state index contributed by atoms with van der Waals surface area (Å²) in [6.45, 7) is 2.27. The van der Waals surface area contributed by atoms with Gasteiger partial charge in [0.05, 0.1) is 0 Å². The van der Waals surface area contributed by atoms with E-state index in [9.17, 15) is 0 Å². The zero-order valence-corrected chi connectivity index (χ0v) is 16.6. The summed E-state index contributed by atoms with van der Waals surface area (Å²) < 4.78 is 9.13. The van der Waals surface area contributed by atoms with Crippen LogP contribution in [0.1, 0.15) is 30.6 Å². The quantitative estimate of drug-likeness (QED) is 0.419. The van der Waals surface area contributed by atoms with Crippen molar-refractivity contribution in [1.29, 1.82) is 0 Å². The number of benzene rings is 3. The van der Waals surface area contributed by atoms with Gasteiger partial charge in [-0.3, -0.25) is 0 Å². The Hall–Kier alpha value is -2.28. The van der Waals surface area contributed by atoms with Gasteiger partial charge >= 0.3 is 161 Å². The standard InChI is InChI=1S/C24H22OSe/c1-2-18(19-11-5-3-6-12-19)17-23-24(26-20-13-7-4-8-14-20)21-15-9-10-16-22(21)25-23/h3-16,18H,2,17H2,1H3. The van der Waals surface area contributed by atoms with Crippen molar-refractivity contribution in [2.75, 3.05) is 0 Å². The number of hydrogen-bond acceptors (Lipinski definition) is 1. The molecule has 0 amide bonds. The van der Waals surface area contributed by atoms with E-state index in [0.29, 0.717) is 5.92 Å². The Balaban J connectivity index is 1.73. The van der Waals surface area contributed by atoms with Crippen molar-refractivity contribution in [2.24, 2.45) is 0 Å². The topological polar surface area (TPSA) is 13.1 Å². The molecule has 0 N–H and O–H groups in total. The Morgan fingerprint density at radius 1 is 0.808 bits per heavy atom. The molecule has 1 unspecified atom stereocenters. The van der Waals surface area contributed by atoms with E-state index >= 15 is 0 Å². The first-order valence-electron chi connectivity index (χ1n) is 9.13. The summed E-state index contributed by atoms with van der Waals surface area (Å²) in [7, 11) is 0. The van der Waals surface area contributed by atoms with Crippen LogP contribution in [0.5, 0.6) is 0 Å². The average molecular weight is 405 g/mol. The van der Waals surface area contributed by atoms with Gasteiger partial charge in [0.2, 0.25) is 0 Å². The van der Waals surface area contributed by atoms with Crippen LogP contribution in [0.2, 0.25) is 0 Å². The molecule has 0 spiro atoms. The minimum absolute atomic E-state index is 0.248. The molecule has 26 heavy (non-hydrogen) atoms. The van der Waals surface area contributed by atoms with E-state index < -0.39 is 0 Å². The summed E-state index contributed by atoms with van der Waals surface area (Å²) in [6, 6.07) is 30.0. The fraction of sp³-hybridized carbons (Fsp3) is 0.167. The molecule has 130 valence electrons. The number of fused-ring (bicyclic) bond motifs is 1. The fourth-order valence-corrected chi connectivity index (χ4v) is 5.57. The minimum atomic E-state index is 0.248. The Morgan fingerprint density at radius 2 is 1.46 bits per heavy atom. The van der Waals surface area contributed by atoms with Crippen molar-refractivity contribution in [3.05, 3.63) is 96.3 Å². The van der Waals surface area contributed by atoms with Crippen molar-refractivity contribution in [3.8, 4) is 0 Å². The fourth-order valence-electron chi connectivity index (χ4n) is 3.37. The summed E-state index contributed by atoms with van der Waals surface area (Å²) in [6.07, 6.45) is 2.07. The molecule has 4 aromatic rings. The number of furan rings is 1. The van der Waals surface area contributed by atoms with E-state index in [1.54, 1.807) is 0 Å². The van der Waals surface area contributed by atoms with Gasteiger partial charge in [-0.15, -0.1) is 0 Å². The third-order valence-corrected chi connectivity index (χ3v) is 7.21. The molecule has 1 aromatic heterocycles. The van der Waals surface area contributed by atoms with Crippen LogP contribution in [-0.2, 0) is 6.42 Å². The Labute approximate surface area is 161 Å². The van der Waals surface area contributed by atoms with Crippen LogP contribution in [-0.4, -0.2) is 15.0 Å². The van der Waals surface area contributed by atoms with E-state index in [-0.39, 0.29) is 15.0 Å². The van der Waals surface area contributed by atoms with Crippen molar-refractivity contribution >= 4 is 34.8 Å². The average Bonchev–Trinajstić information content (AvgIpc) is 3.05. The summed E-state index contributed by atoms with van der Waals surface area (Å²) in [4.78, 5) is 0. The molecule has 0 aliphatic rings. The first-order valence-corrected chi connectivity index (χ1v) is 10.8. The SMILES string of the molecule is CCC(Cc1oc2ccccc2c1[Se]c1ccccc1)c1ccccc1. The van der Waals surface area contributed by atoms with Crippen LogP contribution in [0.4, 0.5) is 0 Å². The van der Waals surface area contributed by atoms with Crippen molar-refractivity contribution < 1.29 is 4.42 Å². The predicted molar refractivity (Wildman–Crippen MR) is 111 cm³/mol.